The summed E-state index contributed by atoms with van der Waals surface area (Å²) in [4.78, 5) is 29.9. The van der Waals surface area contributed by atoms with Crippen molar-refractivity contribution in [1.82, 2.24) is 9.80 Å². The summed E-state index contributed by atoms with van der Waals surface area (Å²) in [7, 11) is 0. The van der Waals surface area contributed by atoms with E-state index in [1.165, 1.54) is 37.7 Å². The lowest BCUT2D eigenvalue weighted by molar-refractivity contribution is -0.161. The number of piperidine rings is 1. The molecule has 1 unspecified atom stereocenters. The van der Waals surface area contributed by atoms with E-state index in [0.717, 1.165) is 6.42 Å². The van der Waals surface area contributed by atoms with Gasteiger partial charge in [0.25, 0.3) is 0 Å². The molecule has 33 heavy (non-hydrogen) atoms. The molecule has 0 bridgehead atoms. The maximum absolute atomic E-state index is 13.2. The smallest absolute Gasteiger partial charge is 0.225 e. The van der Waals surface area contributed by atoms with Gasteiger partial charge in [0.2, 0.25) is 11.8 Å². The van der Waals surface area contributed by atoms with Gasteiger partial charge < -0.3 is 14.9 Å². The quantitative estimate of drug-likeness (QED) is 0.683. The van der Waals surface area contributed by atoms with Crippen LogP contribution in [0, 0.1) is 17.3 Å². The van der Waals surface area contributed by atoms with Crippen molar-refractivity contribution in [2.24, 2.45) is 17.3 Å². The SMILES string of the molecule is C[C@H](CC1CCCCC1)C(=O)N1CCC(O)(CN2C[C@H](c3ccccc3)CC2=O)C(C)(C)C1. The lowest BCUT2D eigenvalue weighted by Crippen LogP contribution is -2.63. The maximum Gasteiger partial charge on any atom is 0.225 e. The van der Waals surface area contributed by atoms with Crippen molar-refractivity contribution in [2.75, 3.05) is 26.2 Å². The van der Waals surface area contributed by atoms with Crippen LogP contribution in [0.15, 0.2) is 30.3 Å². The van der Waals surface area contributed by atoms with Crippen LogP contribution in [0.3, 0.4) is 0 Å². The van der Waals surface area contributed by atoms with Crippen LogP contribution >= 0.6 is 0 Å². The molecule has 3 fully saturated rings. The van der Waals surface area contributed by atoms with Crippen molar-refractivity contribution in [2.45, 2.75) is 83.7 Å². The molecule has 5 heteroatoms. The van der Waals surface area contributed by atoms with E-state index in [4.69, 9.17) is 0 Å². The molecule has 1 N–H and O–H groups in total. The second kappa shape index (κ2) is 9.77. The van der Waals surface area contributed by atoms with Crippen LogP contribution in [0.5, 0.6) is 0 Å². The minimum absolute atomic E-state index is 0.0434. The Labute approximate surface area is 199 Å². The monoisotopic (exact) mass is 454 g/mol. The Morgan fingerprint density at radius 3 is 2.52 bits per heavy atom. The maximum atomic E-state index is 13.2. The Bertz CT molecular complexity index is 833. The zero-order chi connectivity index (χ0) is 23.6. The van der Waals surface area contributed by atoms with E-state index < -0.39 is 11.0 Å². The number of rotatable bonds is 6. The molecule has 2 heterocycles. The third-order valence-electron chi connectivity index (χ3n) is 8.72. The zero-order valence-electron chi connectivity index (χ0n) is 20.8. The number of carbonyl (C=O) groups is 2. The minimum atomic E-state index is -0.988. The van der Waals surface area contributed by atoms with E-state index in [1.54, 1.807) is 0 Å². The Balaban J connectivity index is 1.36. The molecule has 0 spiro atoms. The fraction of sp³-hybridized carbons (Fsp3) is 0.714. The van der Waals surface area contributed by atoms with Gasteiger partial charge in [-0.15, -0.1) is 0 Å². The first-order chi connectivity index (χ1) is 15.7. The Morgan fingerprint density at radius 2 is 1.85 bits per heavy atom. The van der Waals surface area contributed by atoms with Crippen LogP contribution in [0.25, 0.3) is 0 Å². The van der Waals surface area contributed by atoms with Crippen LogP contribution < -0.4 is 0 Å². The van der Waals surface area contributed by atoms with Crippen molar-refractivity contribution < 1.29 is 14.7 Å². The van der Waals surface area contributed by atoms with Crippen molar-refractivity contribution in [1.29, 1.82) is 0 Å². The van der Waals surface area contributed by atoms with Gasteiger partial charge in [-0.05, 0) is 24.3 Å². The third-order valence-corrected chi connectivity index (χ3v) is 8.72. The number of likely N-dealkylation sites (tertiary alicyclic amines) is 2. The number of hydrogen-bond donors (Lipinski definition) is 1. The number of nitrogens with zero attached hydrogens (tertiary/aromatic N) is 2. The number of hydrogen-bond acceptors (Lipinski definition) is 3. The van der Waals surface area contributed by atoms with Crippen molar-refractivity contribution >= 4 is 11.8 Å². The molecule has 5 nitrogen and oxygen atoms in total. The van der Waals surface area contributed by atoms with Gasteiger partial charge in [-0.1, -0.05) is 83.2 Å². The average Bonchev–Trinajstić information content (AvgIpc) is 3.16. The summed E-state index contributed by atoms with van der Waals surface area (Å²) >= 11 is 0. The van der Waals surface area contributed by atoms with Gasteiger partial charge in [0, 0.05) is 43.3 Å². The van der Waals surface area contributed by atoms with Gasteiger partial charge >= 0.3 is 0 Å². The molecule has 2 amide bonds. The number of benzene rings is 1. The molecular weight excluding hydrogens is 412 g/mol. The minimum Gasteiger partial charge on any atom is -0.387 e. The molecule has 1 aromatic rings. The highest BCUT2D eigenvalue weighted by Crippen LogP contribution is 2.41. The standard InChI is InChI=1S/C28H42N2O3/c1-21(16-22-10-6-4-7-11-22)26(32)29-15-14-28(33,27(2,3)19-29)20-30-18-24(17-25(30)31)23-12-8-5-9-13-23/h5,8-9,12-13,21-22,24,33H,4,6-7,10-11,14-20H2,1-3H3/t21-,24-,28?/m1/s1. The van der Waals surface area contributed by atoms with Gasteiger partial charge in [0.15, 0.2) is 0 Å². The molecule has 2 aliphatic heterocycles. The molecule has 3 aliphatic rings. The molecule has 1 aromatic carbocycles. The van der Waals surface area contributed by atoms with Crippen LogP contribution in [0.4, 0.5) is 0 Å². The van der Waals surface area contributed by atoms with E-state index in [0.29, 0.717) is 44.9 Å². The normalized spacial score (nSPS) is 29.3. The highest BCUT2D eigenvalue weighted by atomic mass is 16.3. The molecule has 4 rings (SSSR count). The van der Waals surface area contributed by atoms with Gasteiger partial charge in [-0.3, -0.25) is 9.59 Å². The summed E-state index contributed by atoms with van der Waals surface area (Å²) < 4.78 is 0. The second-order valence-electron chi connectivity index (χ2n) is 11.7. The fourth-order valence-electron chi connectivity index (χ4n) is 6.37. The lowest BCUT2D eigenvalue weighted by atomic mass is 9.69. The van der Waals surface area contributed by atoms with Gasteiger partial charge in [-0.2, -0.15) is 0 Å². The Hall–Kier alpha value is -1.88. The Kier molecular flexibility index (Phi) is 7.18. The number of β-amino-alcohol motifs (C(OH)–C–C–N with tert-alkyl or cyclic N) is 1. The first-order valence-corrected chi connectivity index (χ1v) is 13.0. The number of aliphatic hydroxyl groups is 1. The molecule has 0 radical (unpaired) electrons. The third kappa shape index (κ3) is 5.29. The molecule has 1 saturated carbocycles. The summed E-state index contributed by atoms with van der Waals surface area (Å²) in [6, 6.07) is 10.2. The van der Waals surface area contributed by atoms with E-state index in [2.05, 4.69) is 19.1 Å². The van der Waals surface area contributed by atoms with Crippen molar-refractivity contribution in [3.05, 3.63) is 35.9 Å². The van der Waals surface area contributed by atoms with Crippen molar-refractivity contribution in [3.8, 4) is 0 Å². The van der Waals surface area contributed by atoms with Crippen LogP contribution in [-0.4, -0.2) is 58.5 Å². The molecular formula is C28H42N2O3. The van der Waals surface area contributed by atoms with Gasteiger partial charge in [0.05, 0.1) is 12.1 Å². The summed E-state index contributed by atoms with van der Waals surface area (Å²) in [5.74, 6) is 1.27. The van der Waals surface area contributed by atoms with Gasteiger partial charge in [0.1, 0.15) is 0 Å². The van der Waals surface area contributed by atoms with Crippen LogP contribution in [0.1, 0.15) is 83.6 Å². The van der Waals surface area contributed by atoms with Crippen LogP contribution in [0.2, 0.25) is 0 Å². The average molecular weight is 455 g/mol. The first kappa shape index (κ1) is 24.3. The van der Waals surface area contributed by atoms with E-state index in [-0.39, 0.29) is 23.7 Å². The zero-order valence-corrected chi connectivity index (χ0v) is 20.8. The summed E-state index contributed by atoms with van der Waals surface area (Å²) in [5.41, 5.74) is -0.277. The first-order valence-electron chi connectivity index (χ1n) is 13.0. The molecule has 182 valence electrons. The highest BCUT2D eigenvalue weighted by molar-refractivity contribution is 5.80. The highest BCUT2D eigenvalue weighted by Gasteiger charge is 2.51. The molecule has 3 atom stereocenters. The second-order valence-corrected chi connectivity index (χ2v) is 11.7. The summed E-state index contributed by atoms with van der Waals surface area (Å²) in [6.45, 7) is 8.29. The predicted molar refractivity (Wildman–Crippen MR) is 131 cm³/mol. The summed E-state index contributed by atoms with van der Waals surface area (Å²) in [6.07, 6.45) is 8.47. The number of amides is 2. The van der Waals surface area contributed by atoms with Crippen LogP contribution in [-0.2, 0) is 9.59 Å². The Morgan fingerprint density at radius 1 is 1.15 bits per heavy atom. The topological polar surface area (TPSA) is 60.9 Å². The molecule has 2 saturated heterocycles. The largest absolute Gasteiger partial charge is 0.387 e. The van der Waals surface area contributed by atoms with E-state index in [9.17, 15) is 14.7 Å². The van der Waals surface area contributed by atoms with E-state index >= 15 is 0 Å². The lowest BCUT2D eigenvalue weighted by Gasteiger charge is -2.51. The van der Waals surface area contributed by atoms with Crippen molar-refractivity contribution in [3.63, 3.8) is 0 Å². The predicted octanol–water partition coefficient (Wildman–Crippen LogP) is 4.60. The fourth-order valence-corrected chi connectivity index (χ4v) is 6.37. The van der Waals surface area contributed by atoms with E-state index in [1.807, 2.05) is 41.8 Å². The number of carbonyl (C=O) groups excluding carboxylic acids is 2. The molecule has 0 aromatic heterocycles. The summed E-state index contributed by atoms with van der Waals surface area (Å²) in [5, 5.41) is 11.7. The van der Waals surface area contributed by atoms with Gasteiger partial charge in [-0.25, -0.2) is 0 Å². The molecule has 1 aliphatic carbocycles.